The third-order valence-corrected chi connectivity index (χ3v) is 4.45. The summed E-state index contributed by atoms with van der Waals surface area (Å²) in [5.41, 5.74) is 3.20. The van der Waals surface area contributed by atoms with E-state index in [1.54, 1.807) is 6.92 Å². The van der Waals surface area contributed by atoms with Gasteiger partial charge in [0.25, 0.3) is 5.91 Å². The van der Waals surface area contributed by atoms with Crippen molar-refractivity contribution in [3.63, 3.8) is 0 Å². The number of aromatic amines is 1. The van der Waals surface area contributed by atoms with Gasteiger partial charge in [-0.3, -0.25) is 4.79 Å². The monoisotopic (exact) mass is 372 g/mol. The molecule has 146 valence electrons. The fourth-order valence-electron chi connectivity index (χ4n) is 3.12. The van der Waals surface area contributed by atoms with Crippen LogP contribution in [0.2, 0.25) is 0 Å². The Bertz CT molecular complexity index is 793. The molecule has 1 amide bonds. The number of carbonyl (C=O) groups excluding carboxylic acids is 2. The van der Waals surface area contributed by atoms with E-state index in [2.05, 4.69) is 10.3 Å². The molecule has 6 heteroatoms. The number of H-pyrrole nitrogens is 1. The number of hydrogen-bond donors (Lipinski definition) is 2. The number of esters is 1. The van der Waals surface area contributed by atoms with Crippen LogP contribution in [0.25, 0.3) is 0 Å². The van der Waals surface area contributed by atoms with Gasteiger partial charge in [-0.05, 0) is 50.5 Å². The van der Waals surface area contributed by atoms with Gasteiger partial charge in [0.05, 0.1) is 25.3 Å². The number of ether oxygens (including phenoxy) is 2. The van der Waals surface area contributed by atoms with Gasteiger partial charge in [0, 0.05) is 5.69 Å². The molecule has 0 fully saturated rings. The van der Waals surface area contributed by atoms with Crippen molar-refractivity contribution in [1.82, 2.24) is 10.3 Å². The Labute approximate surface area is 160 Å². The van der Waals surface area contributed by atoms with Gasteiger partial charge in [0.2, 0.25) is 0 Å². The lowest BCUT2D eigenvalue weighted by Crippen LogP contribution is -2.28. The topological polar surface area (TPSA) is 80.4 Å². The van der Waals surface area contributed by atoms with Crippen LogP contribution in [0.4, 0.5) is 0 Å². The summed E-state index contributed by atoms with van der Waals surface area (Å²) in [6.45, 7) is 8.25. The Balaban J connectivity index is 2.23. The second-order valence-electron chi connectivity index (χ2n) is 6.42. The minimum Gasteiger partial charge on any atom is -0.494 e. The van der Waals surface area contributed by atoms with Crippen molar-refractivity contribution in [1.29, 1.82) is 0 Å². The molecular weight excluding hydrogens is 344 g/mol. The van der Waals surface area contributed by atoms with Crippen LogP contribution in [0.1, 0.15) is 70.9 Å². The molecule has 0 spiro atoms. The molecule has 1 atom stereocenters. The normalized spacial score (nSPS) is 11.7. The zero-order chi connectivity index (χ0) is 20.0. The van der Waals surface area contributed by atoms with Gasteiger partial charge in [-0.15, -0.1) is 0 Å². The fraction of sp³-hybridized carbons (Fsp3) is 0.429. The van der Waals surface area contributed by atoms with Gasteiger partial charge in [0.1, 0.15) is 11.4 Å². The summed E-state index contributed by atoms with van der Waals surface area (Å²) in [4.78, 5) is 28.0. The maximum atomic E-state index is 12.9. The first kappa shape index (κ1) is 20.6. The molecule has 1 unspecified atom stereocenters. The molecule has 2 N–H and O–H groups in total. The van der Waals surface area contributed by atoms with Gasteiger partial charge in [-0.25, -0.2) is 4.79 Å². The summed E-state index contributed by atoms with van der Waals surface area (Å²) in [7, 11) is 1.35. The van der Waals surface area contributed by atoms with Crippen molar-refractivity contribution < 1.29 is 19.1 Å². The second kappa shape index (κ2) is 9.26. The molecule has 6 nitrogen and oxygen atoms in total. The highest BCUT2D eigenvalue weighted by Crippen LogP contribution is 2.23. The molecule has 0 bridgehead atoms. The van der Waals surface area contributed by atoms with E-state index in [0.29, 0.717) is 35.5 Å². The quantitative estimate of drug-likeness (QED) is 0.688. The molecule has 0 radical (unpaired) electrons. The Hall–Kier alpha value is -2.76. The molecule has 0 aliphatic carbocycles. The number of nitrogens with one attached hydrogen (secondary N) is 2. The lowest BCUT2D eigenvalue weighted by atomic mass is 10.0. The van der Waals surface area contributed by atoms with Gasteiger partial charge < -0.3 is 19.8 Å². The summed E-state index contributed by atoms with van der Waals surface area (Å²) < 4.78 is 10.3. The molecule has 0 aliphatic heterocycles. The van der Waals surface area contributed by atoms with Crippen molar-refractivity contribution in [2.75, 3.05) is 13.7 Å². The van der Waals surface area contributed by atoms with Crippen molar-refractivity contribution in [2.24, 2.45) is 0 Å². The van der Waals surface area contributed by atoms with E-state index >= 15 is 0 Å². The fourth-order valence-corrected chi connectivity index (χ4v) is 3.12. The van der Waals surface area contributed by atoms with Gasteiger partial charge in [-0.1, -0.05) is 25.5 Å². The summed E-state index contributed by atoms with van der Waals surface area (Å²) in [6, 6.07) is 7.45. The highest BCUT2D eigenvalue weighted by molar-refractivity contribution is 6.00. The number of carbonyl (C=O) groups is 2. The number of methoxy groups -OCH3 is 1. The lowest BCUT2D eigenvalue weighted by molar-refractivity contribution is 0.0599. The lowest BCUT2D eigenvalue weighted by Gasteiger charge is -2.15. The predicted molar refractivity (Wildman–Crippen MR) is 104 cm³/mol. The van der Waals surface area contributed by atoms with E-state index in [0.717, 1.165) is 17.7 Å². The Morgan fingerprint density at radius 2 is 1.85 bits per heavy atom. The van der Waals surface area contributed by atoms with Crippen LogP contribution in [-0.2, 0) is 11.2 Å². The van der Waals surface area contributed by atoms with Gasteiger partial charge in [0.15, 0.2) is 0 Å². The molecule has 0 saturated heterocycles. The number of aromatic nitrogens is 1. The summed E-state index contributed by atoms with van der Waals surface area (Å²) in [5, 5.41) is 3.00. The third-order valence-electron chi connectivity index (χ3n) is 4.45. The molecule has 0 saturated carbocycles. The first-order valence-corrected chi connectivity index (χ1v) is 9.26. The number of aryl methyl sites for hydroxylation is 1. The van der Waals surface area contributed by atoms with Gasteiger partial charge in [-0.2, -0.15) is 0 Å². The maximum Gasteiger partial charge on any atom is 0.339 e. The second-order valence-corrected chi connectivity index (χ2v) is 6.42. The van der Waals surface area contributed by atoms with Crippen molar-refractivity contribution in [3.05, 3.63) is 52.3 Å². The van der Waals surface area contributed by atoms with Crippen molar-refractivity contribution in [2.45, 2.75) is 46.6 Å². The van der Waals surface area contributed by atoms with Crippen molar-refractivity contribution in [3.8, 4) is 5.75 Å². The SMILES string of the molecule is CCCc1c(C(=O)NC(C)c2ccc(OCC)cc2)[nH]c(C)c1C(=O)OC. The molecule has 2 aromatic rings. The maximum absolute atomic E-state index is 12.9. The summed E-state index contributed by atoms with van der Waals surface area (Å²) >= 11 is 0. The van der Waals surface area contributed by atoms with E-state index in [-0.39, 0.29) is 11.9 Å². The largest absolute Gasteiger partial charge is 0.494 e. The molecule has 1 aromatic heterocycles. The number of rotatable bonds is 8. The number of hydrogen-bond acceptors (Lipinski definition) is 4. The molecular formula is C21H28N2O4. The Kier molecular flexibility index (Phi) is 7.05. The Morgan fingerprint density at radius 1 is 1.19 bits per heavy atom. The number of amides is 1. The van der Waals surface area contributed by atoms with E-state index < -0.39 is 5.97 Å². The smallest absolute Gasteiger partial charge is 0.339 e. The van der Waals surface area contributed by atoms with Crippen LogP contribution >= 0.6 is 0 Å². The van der Waals surface area contributed by atoms with Crippen LogP contribution in [0.5, 0.6) is 5.75 Å². The zero-order valence-corrected chi connectivity index (χ0v) is 16.6. The van der Waals surface area contributed by atoms with E-state index in [4.69, 9.17) is 9.47 Å². The molecule has 1 heterocycles. The molecule has 2 rings (SSSR count). The first-order valence-electron chi connectivity index (χ1n) is 9.26. The van der Waals surface area contributed by atoms with Crippen LogP contribution in [0.3, 0.4) is 0 Å². The van der Waals surface area contributed by atoms with Crippen LogP contribution in [-0.4, -0.2) is 30.6 Å². The Morgan fingerprint density at radius 3 is 2.41 bits per heavy atom. The van der Waals surface area contributed by atoms with E-state index in [1.165, 1.54) is 7.11 Å². The molecule has 1 aromatic carbocycles. The highest BCUT2D eigenvalue weighted by Gasteiger charge is 2.25. The van der Waals surface area contributed by atoms with E-state index in [1.807, 2.05) is 45.0 Å². The van der Waals surface area contributed by atoms with Crippen LogP contribution < -0.4 is 10.1 Å². The highest BCUT2D eigenvalue weighted by atomic mass is 16.5. The van der Waals surface area contributed by atoms with E-state index in [9.17, 15) is 9.59 Å². The third kappa shape index (κ3) is 4.70. The van der Waals surface area contributed by atoms with Crippen LogP contribution in [0, 0.1) is 6.92 Å². The van der Waals surface area contributed by atoms with Gasteiger partial charge >= 0.3 is 5.97 Å². The standard InChI is InChI=1S/C21H28N2O4/c1-6-8-17-18(21(25)26-5)14(4)22-19(17)20(24)23-13(3)15-9-11-16(12-10-15)27-7-2/h9-13,22H,6-8H2,1-5H3,(H,23,24). The minimum atomic E-state index is -0.425. The first-order chi connectivity index (χ1) is 12.9. The zero-order valence-electron chi connectivity index (χ0n) is 16.6. The number of benzene rings is 1. The predicted octanol–water partition coefficient (Wildman–Crippen LogP) is 3.95. The average Bonchev–Trinajstić information content (AvgIpc) is 2.98. The molecule has 27 heavy (non-hydrogen) atoms. The summed E-state index contributed by atoms with van der Waals surface area (Å²) in [6.07, 6.45) is 1.44. The average molecular weight is 372 g/mol. The van der Waals surface area contributed by atoms with Crippen LogP contribution in [0.15, 0.2) is 24.3 Å². The molecule has 0 aliphatic rings. The minimum absolute atomic E-state index is 0.187. The van der Waals surface area contributed by atoms with Crippen molar-refractivity contribution >= 4 is 11.9 Å². The summed E-state index contributed by atoms with van der Waals surface area (Å²) in [5.74, 6) is 0.136.